The number of carboxylic acid groups (broad SMARTS) is 1. The Morgan fingerprint density at radius 2 is 2.11 bits per heavy atom. The van der Waals surface area contributed by atoms with E-state index in [1.165, 1.54) is 0 Å². The van der Waals surface area contributed by atoms with Crippen molar-refractivity contribution in [3.8, 4) is 0 Å². The minimum Gasteiger partial charge on any atom is -0.480 e. The molecule has 1 atom stereocenters. The molecule has 0 aliphatic carbocycles. The number of amides is 2. The van der Waals surface area contributed by atoms with Gasteiger partial charge in [-0.25, -0.2) is 9.59 Å². The van der Waals surface area contributed by atoms with Gasteiger partial charge in [0.2, 0.25) is 0 Å². The van der Waals surface area contributed by atoms with Crippen molar-refractivity contribution in [3.05, 3.63) is 29.8 Å². The Balaban J connectivity index is 2.61. The first-order chi connectivity index (χ1) is 9.06. The van der Waals surface area contributed by atoms with Gasteiger partial charge in [-0.1, -0.05) is 19.1 Å². The summed E-state index contributed by atoms with van der Waals surface area (Å²) >= 11 is 0. The highest BCUT2D eigenvalue weighted by atomic mass is 16.4. The molecule has 19 heavy (non-hydrogen) atoms. The second kappa shape index (κ2) is 7.38. The van der Waals surface area contributed by atoms with Crippen molar-refractivity contribution < 1.29 is 14.7 Å². The van der Waals surface area contributed by atoms with Crippen molar-refractivity contribution in [2.24, 2.45) is 0 Å². The lowest BCUT2D eigenvalue weighted by molar-refractivity contribution is -0.139. The molecule has 104 valence electrons. The first-order valence-corrected chi connectivity index (χ1v) is 6.10. The number of urea groups is 1. The summed E-state index contributed by atoms with van der Waals surface area (Å²) in [7, 11) is 1.84. The van der Waals surface area contributed by atoms with Gasteiger partial charge in [-0.05, 0) is 31.2 Å². The molecule has 6 heteroatoms. The Hall–Kier alpha value is -2.08. The van der Waals surface area contributed by atoms with Crippen molar-refractivity contribution >= 4 is 17.7 Å². The number of anilines is 1. The van der Waals surface area contributed by atoms with Crippen LogP contribution in [0.25, 0.3) is 0 Å². The second-order valence-electron chi connectivity index (χ2n) is 4.13. The molecule has 0 aliphatic rings. The molecule has 6 nitrogen and oxygen atoms in total. The van der Waals surface area contributed by atoms with E-state index >= 15 is 0 Å². The van der Waals surface area contributed by atoms with Crippen LogP contribution in [-0.2, 0) is 11.3 Å². The van der Waals surface area contributed by atoms with Gasteiger partial charge in [0.25, 0.3) is 0 Å². The fourth-order valence-electron chi connectivity index (χ4n) is 1.63. The van der Waals surface area contributed by atoms with Crippen LogP contribution in [0.15, 0.2) is 24.3 Å². The predicted octanol–water partition coefficient (Wildman–Crippen LogP) is 1.39. The highest BCUT2D eigenvalue weighted by Crippen LogP contribution is 2.10. The standard InChI is InChI=1S/C13H19N3O3/c1-3-11(12(17)18)16-13(19)15-10-6-4-5-9(7-10)8-14-2/h4-7,11,14H,3,8H2,1-2H3,(H,17,18)(H2,15,16,19)/t11-/m0/s1. The van der Waals surface area contributed by atoms with Gasteiger partial charge in [0.15, 0.2) is 0 Å². The van der Waals surface area contributed by atoms with Crippen LogP contribution in [0.5, 0.6) is 0 Å². The number of carbonyl (C=O) groups is 2. The molecule has 0 saturated heterocycles. The second-order valence-corrected chi connectivity index (χ2v) is 4.13. The average Bonchev–Trinajstić information content (AvgIpc) is 2.36. The van der Waals surface area contributed by atoms with E-state index in [1.807, 2.05) is 25.2 Å². The van der Waals surface area contributed by atoms with Crippen LogP contribution in [0.2, 0.25) is 0 Å². The number of hydrogen-bond donors (Lipinski definition) is 4. The Morgan fingerprint density at radius 3 is 2.68 bits per heavy atom. The molecular formula is C13H19N3O3. The number of nitrogens with one attached hydrogen (secondary N) is 3. The Kier molecular flexibility index (Phi) is 5.81. The molecule has 1 rings (SSSR count). The zero-order chi connectivity index (χ0) is 14.3. The molecule has 1 aromatic rings. The van der Waals surface area contributed by atoms with Gasteiger partial charge in [-0.2, -0.15) is 0 Å². The molecule has 0 fully saturated rings. The molecule has 2 amide bonds. The van der Waals surface area contributed by atoms with E-state index in [9.17, 15) is 9.59 Å². The molecule has 0 saturated carbocycles. The molecule has 1 aromatic carbocycles. The first-order valence-electron chi connectivity index (χ1n) is 6.10. The zero-order valence-corrected chi connectivity index (χ0v) is 11.1. The van der Waals surface area contributed by atoms with Crippen molar-refractivity contribution in [1.29, 1.82) is 0 Å². The third kappa shape index (κ3) is 4.97. The van der Waals surface area contributed by atoms with Crippen LogP contribution in [-0.4, -0.2) is 30.2 Å². The number of carbonyl (C=O) groups excluding carboxylic acids is 1. The summed E-state index contributed by atoms with van der Waals surface area (Å²) < 4.78 is 0. The van der Waals surface area contributed by atoms with Gasteiger partial charge in [0.1, 0.15) is 6.04 Å². The smallest absolute Gasteiger partial charge is 0.326 e. The van der Waals surface area contributed by atoms with Gasteiger partial charge in [0.05, 0.1) is 0 Å². The lowest BCUT2D eigenvalue weighted by Gasteiger charge is -2.13. The summed E-state index contributed by atoms with van der Waals surface area (Å²) in [4.78, 5) is 22.5. The van der Waals surface area contributed by atoms with Crippen LogP contribution in [0.3, 0.4) is 0 Å². The van der Waals surface area contributed by atoms with Gasteiger partial charge < -0.3 is 21.1 Å². The summed E-state index contributed by atoms with van der Waals surface area (Å²) in [6.07, 6.45) is 0.336. The van der Waals surface area contributed by atoms with Crippen LogP contribution in [0.1, 0.15) is 18.9 Å². The molecule has 0 aromatic heterocycles. The van der Waals surface area contributed by atoms with Crippen molar-refractivity contribution in [3.63, 3.8) is 0 Å². The van der Waals surface area contributed by atoms with Gasteiger partial charge in [-0.3, -0.25) is 0 Å². The highest BCUT2D eigenvalue weighted by molar-refractivity contribution is 5.92. The molecule has 0 spiro atoms. The quantitative estimate of drug-likeness (QED) is 0.625. The normalized spacial score (nSPS) is 11.7. The molecule has 0 heterocycles. The number of aliphatic carboxylic acids is 1. The van der Waals surface area contributed by atoms with E-state index in [2.05, 4.69) is 16.0 Å². The summed E-state index contributed by atoms with van der Waals surface area (Å²) in [5, 5.41) is 16.9. The summed E-state index contributed by atoms with van der Waals surface area (Å²) in [6, 6.07) is 5.96. The number of carboxylic acids is 1. The van der Waals surface area contributed by atoms with Gasteiger partial charge in [-0.15, -0.1) is 0 Å². The first kappa shape index (κ1) is 15.0. The zero-order valence-electron chi connectivity index (χ0n) is 11.1. The molecule has 0 radical (unpaired) electrons. The number of benzene rings is 1. The third-order valence-corrected chi connectivity index (χ3v) is 2.58. The van der Waals surface area contributed by atoms with E-state index in [4.69, 9.17) is 5.11 Å². The topological polar surface area (TPSA) is 90.5 Å². The minimum atomic E-state index is -1.04. The van der Waals surface area contributed by atoms with Crippen molar-refractivity contribution in [2.45, 2.75) is 25.9 Å². The summed E-state index contributed by atoms with van der Waals surface area (Å²) in [5.41, 5.74) is 1.66. The predicted molar refractivity (Wildman–Crippen MR) is 73.1 cm³/mol. The Morgan fingerprint density at radius 1 is 1.37 bits per heavy atom. The van der Waals surface area contributed by atoms with Crippen LogP contribution in [0.4, 0.5) is 10.5 Å². The van der Waals surface area contributed by atoms with E-state index in [-0.39, 0.29) is 0 Å². The fourth-order valence-corrected chi connectivity index (χ4v) is 1.63. The van der Waals surface area contributed by atoms with Gasteiger partial charge >= 0.3 is 12.0 Å². The van der Waals surface area contributed by atoms with E-state index in [0.29, 0.717) is 18.7 Å². The minimum absolute atomic E-state index is 0.336. The largest absolute Gasteiger partial charge is 0.480 e. The molecule has 4 N–H and O–H groups in total. The summed E-state index contributed by atoms with van der Waals surface area (Å²) in [6.45, 7) is 2.40. The molecule has 0 bridgehead atoms. The van der Waals surface area contributed by atoms with Crippen LogP contribution in [0, 0.1) is 0 Å². The fraction of sp³-hybridized carbons (Fsp3) is 0.385. The van der Waals surface area contributed by atoms with Gasteiger partial charge in [0, 0.05) is 12.2 Å². The van der Waals surface area contributed by atoms with E-state index in [1.54, 1.807) is 13.0 Å². The third-order valence-electron chi connectivity index (χ3n) is 2.58. The maximum atomic E-state index is 11.7. The van der Waals surface area contributed by atoms with E-state index < -0.39 is 18.0 Å². The SMILES string of the molecule is CC[C@H](NC(=O)Nc1cccc(CNC)c1)C(=O)O. The maximum Gasteiger partial charge on any atom is 0.326 e. The Labute approximate surface area is 112 Å². The van der Waals surface area contributed by atoms with Crippen molar-refractivity contribution in [2.75, 3.05) is 12.4 Å². The monoisotopic (exact) mass is 265 g/mol. The molecule has 0 unspecified atom stereocenters. The number of hydrogen-bond acceptors (Lipinski definition) is 3. The molecule has 0 aliphatic heterocycles. The highest BCUT2D eigenvalue weighted by Gasteiger charge is 2.17. The van der Waals surface area contributed by atoms with Crippen LogP contribution >= 0.6 is 0 Å². The number of rotatable bonds is 6. The van der Waals surface area contributed by atoms with Crippen molar-refractivity contribution in [1.82, 2.24) is 10.6 Å². The molecular weight excluding hydrogens is 246 g/mol. The lowest BCUT2D eigenvalue weighted by Crippen LogP contribution is -2.42. The van der Waals surface area contributed by atoms with Crippen LogP contribution < -0.4 is 16.0 Å². The Bertz CT molecular complexity index is 449. The lowest BCUT2D eigenvalue weighted by atomic mass is 10.2. The maximum absolute atomic E-state index is 11.7. The van der Waals surface area contributed by atoms with E-state index in [0.717, 1.165) is 5.56 Å². The summed E-state index contributed by atoms with van der Waals surface area (Å²) in [5.74, 6) is -1.04. The average molecular weight is 265 g/mol.